The predicted octanol–water partition coefficient (Wildman–Crippen LogP) is 1.23. The van der Waals surface area contributed by atoms with E-state index >= 15 is 0 Å². The molecule has 0 radical (unpaired) electrons. The lowest BCUT2D eigenvalue weighted by atomic mass is 10.2. The Labute approximate surface area is 161 Å². The molecule has 1 heterocycles. The molecular formula is C17H19N3O7S. The van der Waals surface area contributed by atoms with Gasteiger partial charge in [0.1, 0.15) is 16.4 Å². The highest BCUT2D eigenvalue weighted by atomic mass is 32.2. The number of hydrogen-bond donors (Lipinski definition) is 2. The number of nitrogens with one attached hydrogen (secondary N) is 2. The van der Waals surface area contributed by atoms with Crippen LogP contribution >= 0.6 is 0 Å². The Bertz CT molecular complexity index is 996. The predicted molar refractivity (Wildman–Crippen MR) is 96.5 cm³/mol. The summed E-state index contributed by atoms with van der Waals surface area (Å²) in [5, 5.41) is 6.00. The Morgan fingerprint density at radius 2 is 2.04 bits per heavy atom. The molecule has 2 N–H and O–H groups in total. The molecule has 0 aliphatic heterocycles. The van der Waals surface area contributed by atoms with E-state index in [1.807, 2.05) is 0 Å². The van der Waals surface area contributed by atoms with Crippen molar-refractivity contribution in [2.24, 2.45) is 0 Å². The van der Waals surface area contributed by atoms with Crippen molar-refractivity contribution in [3.05, 3.63) is 35.6 Å². The number of carbonyl (C=O) groups is 2. The first-order chi connectivity index (χ1) is 13.3. The molecule has 1 saturated carbocycles. The fourth-order valence-corrected chi connectivity index (χ4v) is 3.82. The van der Waals surface area contributed by atoms with Crippen molar-refractivity contribution in [2.75, 3.05) is 19.0 Å². The lowest BCUT2D eigenvalue weighted by molar-refractivity contribution is -0.119. The molecular weight excluding hydrogens is 390 g/mol. The maximum Gasteiger partial charge on any atom is 0.338 e. The lowest BCUT2D eigenvalue weighted by Crippen LogP contribution is -2.26. The number of methoxy groups -OCH3 is 1. The van der Waals surface area contributed by atoms with Gasteiger partial charge in [0.2, 0.25) is 10.0 Å². The summed E-state index contributed by atoms with van der Waals surface area (Å²) < 4.78 is 42.3. The number of sulfonamides is 1. The van der Waals surface area contributed by atoms with Gasteiger partial charge in [0.15, 0.2) is 12.4 Å². The van der Waals surface area contributed by atoms with Crippen molar-refractivity contribution in [1.82, 2.24) is 9.88 Å². The number of benzene rings is 1. The quantitative estimate of drug-likeness (QED) is 0.621. The Morgan fingerprint density at radius 1 is 1.29 bits per heavy atom. The van der Waals surface area contributed by atoms with E-state index in [-0.39, 0.29) is 28.1 Å². The fourth-order valence-electron chi connectivity index (χ4n) is 2.32. The van der Waals surface area contributed by atoms with Crippen LogP contribution in [0.15, 0.2) is 33.7 Å². The summed E-state index contributed by atoms with van der Waals surface area (Å²) in [6.07, 6.45) is 1.53. The van der Waals surface area contributed by atoms with Crippen molar-refractivity contribution in [1.29, 1.82) is 0 Å². The van der Waals surface area contributed by atoms with E-state index < -0.39 is 28.5 Å². The van der Waals surface area contributed by atoms with Crippen LogP contribution in [0, 0.1) is 6.92 Å². The first-order valence-electron chi connectivity index (χ1n) is 8.39. The molecule has 0 bridgehead atoms. The van der Waals surface area contributed by atoms with Crippen molar-refractivity contribution >= 4 is 27.7 Å². The molecule has 11 heteroatoms. The third kappa shape index (κ3) is 4.87. The molecule has 0 spiro atoms. The van der Waals surface area contributed by atoms with Gasteiger partial charge in [-0.25, -0.2) is 17.9 Å². The number of ether oxygens (including phenoxy) is 2. The number of hydrogen-bond acceptors (Lipinski definition) is 8. The summed E-state index contributed by atoms with van der Waals surface area (Å²) in [6.45, 7) is 1.09. The largest absolute Gasteiger partial charge is 0.495 e. The second-order valence-electron chi connectivity index (χ2n) is 6.21. The minimum atomic E-state index is -3.85. The molecule has 28 heavy (non-hydrogen) atoms. The Balaban J connectivity index is 1.67. The minimum absolute atomic E-state index is 0.0259. The van der Waals surface area contributed by atoms with Gasteiger partial charge in [-0.15, -0.1) is 0 Å². The SMILES string of the molecule is COc1ccc(C(=O)OCC(=O)Nc2cc(C)on2)cc1S(=O)(=O)NC1CC1. The normalized spacial score (nSPS) is 13.8. The van der Waals surface area contributed by atoms with E-state index in [0.717, 1.165) is 18.9 Å². The summed E-state index contributed by atoms with van der Waals surface area (Å²) in [5.41, 5.74) is -0.0259. The molecule has 2 aromatic rings. The molecule has 1 aliphatic carbocycles. The highest BCUT2D eigenvalue weighted by Gasteiger charge is 2.30. The first kappa shape index (κ1) is 19.8. The molecule has 3 rings (SSSR count). The molecule has 1 fully saturated rings. The zero-order valence-electron chi connectivity index (χ0n) is 15.2. The molecule has 1 aromatic carbocycles. The van der Waals surface area contributed by atoms with E-state index in [2.05, 4.69) is 15.2 Å². The first-order valence-corrected chi connectivity index (χ1v) is 9.87. The highest BCUT2D eigenvalue weighted by Crippen LogP contribution is 2.28. The van der Waals surface area contributed by atoms with Crippen LogP contribution in [-0.2, 0) is 19.6 Å². The standard InChI is InChI=1S/C17H19N3O7S/c1-10-7-15(19-27-10)18-16(21)9-26-17(22)11-3-6-13(25-2)14(8-11)28(23,24)20-12-4-5-12/h3,6-8,12,20H,4-5,9H2,1-2H3,(H,18,19,21). The molecule has 0 unspecified atom stereocenters. The van der Waals surface area contributed by atoms with Gasteiger partial charge >= 0.3 is 5.97 Å². The Morgan fingerprint density at radius 3 is 2.64 bits per heavy atom. The van der Waals surface area contributed by atoms with Gasteiger partial charge in [-0.3, -0.25) is 4.79 Å². The molecule has 0 atom stereocenters. The lowest BCUT2D eigenvalue weighted by Gasteiger charge is -2.12. The maximum absolute atomic E-state index is 12.5. The average Bonchev–Trinajstić information content (AvgIpc) is 3.37. The van der Waals surface area contributed by atoms with Crippen LogP contribution in [-0.4, -0.2) is 45.2 Å². The summed E-state index contributed by atoms with van der Waals surface area (Å²) in [5.74, 6) is -0.652. The molecule has 10 nitrogen and oxygen atoms in total. The summed E-state index contributed by atoms with van der Waals surface area (Å²) >= 11 is 0. The maximum atomic E-state index is 12.5. The highest BCUT2D eigenvalue weighted by molar-refractivity contribution is 7.89. The minimum Gasteiger partial charge on any atom is -0.495 e. The molecule has 150 valence electrons. The van der Waals surface area contributed by atoms with Crippen molar-refractivity contribution < 1.29 is 32.0 Å². The molecule has 1 aromatic heterocycles. The smallest absolute Gasteiger partial charge is 0.338 e. The topological polar surface area (TPSA) is 137 Å². The van der Waals surface area contributed by atoms with Crippen LogP contribution in [0.5, 0.6) is 5.75 Å². The van der Waals surface area contributed by atoms with Crippen LogP contribution < -0.4 is 14.8 Å². The van der Waals surface area contributed by atoms with Crippen LogP contribution in [0.25, 0.3) is 0 Å². The number of rotatable bonds is 8. The third-order valence-electron chi connectivity index (χ3n) is 3.82. The Hall–Kier alpha value is -2.92. The summed E-state index contributed by atoms with van der Waals surface area (Å²) in [7, 11) is -2.51. The zero-order valence-corrected chi connectivity index (χ0v) is 16.0. The van der Waals surface area contributed by atoms with Gasteiger partial charge in [0.25, 0.3) is 5.91 Å². The van der Waals surface area contributed by atoms with Crippen LogP contribution in [0.4, 0.5) is 5.82 Å². The summed E-state index contributed by atoms with van der Waals surface area (Å²) in [4.78, 5) is 23.9. The number of amides is 1. The monoisotopic (exact) mass is 409 g/mol. The van der Waals surface area contributed by atoms with E-state index in [1.54, 1.807) is 6.92 Å². The zero-order chi connectivity index (χ0) is 20.3. The molecule has 1 aliphatic rings. The second kappa shape index (κ2) is 7.98. The van der Waals surface area contributed by atoms with Crippen LogP contribution in [0.2, 0.25) is 0 Å². The Kier molecular flexibility index (Phi) is 5.66. The van der Waals surface area contributed by atoms with Gasteiger partial charge in [0.05, 0.1) is 12.7 Å². The number of aromatic nitrogens is 1. The van der Waals surface area contributed by atoms with E-state index in [9.17, 15) is 18.0 Å². The van der Waals surface area contributed by atoms with Crippen molar-refractivity contribution in [3.8, 4) is 5.75 Å². The van der Waals surface area contributed by atoms with E-state index in [4.69, 9.17) is 14.0 Å². The van der Waals surface area contributed by atoms with E-state index in [1.165, 1.54) is 25.3 Å². The summed E-state index contributed by atoms with van der Waals surface area (Å²) in [6, 6.07) is 5.28. The number of esters is 1. The molecule has 1 amide bonds. The number of carbonyl (C=O) groups excluding carboxylic acids is 2. The van der Waals surface area contributed by atoms with Crippen molar-refractivity contribution in [3.63, 3.8) is 0 Å². The van der Waals surface area contributed by atoms with Gasteiger partial charge < -0.3 is 19.3 Å². The number of nitrogens with zero attached hydrogens (tertiary/aromatic N) is 1. The number of aryl methyl sites for hydroxylation is 1. The van der Waals surface area contributed by atoms with Crippen LogP contribution in [0.1, 0.15) is 29.0 Å². The average molecular weight is 409 g/mol. The third-order valence-corrected chi connectivity index (χ3v) is 5.36. The van der Waals surface area contributed by atoms with E-state index in [0.29, 0.717) is 5.76 Å². The molecule has 0 saturated heterocycles. The fraction of sp³-hybridized carbons (Fsp3) is 0.353. The van der Waals surface area contributed by atoms with Crippen LogP contribution in [0.3, 0.4) is 0 Å². The van der Waals surface area contributed by atoms with Gasteiger partial charge in [-0.05, 0) is 38.0 Å². The van der Waals surface area contributed by atoms with Crippen molar-refractivity contribution in [2.45, 2.75) is 30.7 Å². The van der Waals surface area contributed by atoms with Gasteiger partial charge in [0, 0.05) is 12.1 Å². The second-order valence-corrected chi connectivity index (χ2v) is 7.89. The van der Waals surface area contributed by atoms with Gasteiger partial charge in [-0.2, -0.15) is 0 Å². The number of anilines is 1. The van der Waals surface area contributed by atoms with Gasteiger partial charge in [-0.1, -0.05) is 5.16 Å².